The standard InChI is InChI=1S/C26H23NO4/c1-3-21(26(29)27-19-9-5-4-6-10-19)30-25-23(28)20-11-7-8-12-22(20)31-24(25)18-15-13-17(2)14-16-18/h4-16,21H,3H2,1-2H3,(H,27,29). The monoisotopic (exact) mass is 413 g/mol. The van der Waals surface area contributed by atoms with Crippen LogP contribution in [0, 0.1) is 6.92 Å². The normalized spacial score (nSPS) is 11.8. The zero-order valence-electron chi connectivity index (χ0n) is 17.4. The van der Waals surface area contributed by atoms with Gasteiger partial charge in [0, 0.05) is 11.3 Å². The number of carbonyl (C=O) groups is 1. The van der Waals surface area contributed by atoms with Crippen molar-refractivity contribution in [3.05, 3.63) is 94.6 Å². The molecule has 4 rings (SSSR count). The van der Waals surface area contributed by atoms with E-state index < -0.39 is 6.10 Å². The quantitative estimate of drug-likeness (QED) is 0.449. The third-order valence-corrected chi connectivity index (χ3v) is 5.03. The van der Waals surface area contributed by atoms with E-state index in [-0.39, 0.29) is 17.1 Å². The number of carbonyl (C=O) groups excluding carboxylic acids is 1. The van der Waals surface area contributed by atoms with Crippen molar-refractivity contribution in [3.8, 4) is 17.1 Å². The summed E-state index contributed by atoms with van der Waals surface area (Å²) in [5, 5.41) is 3.25. The largest absolute Gasteiger partial charge is 0.473 e. The van der Waals surface area contributed by atoms with Crippen LogP contribution in [0.25, 0.3) is 22.3 Å². The van der Waals surface area contributed by atoms with E-state index in [1.807, 2.05) is 62.4 Å². The number of nitrogens with one attached hydrogen (secondary N) is 1. The molecule has 0 aliphatic carbocycles. The molecule has 1 aromatic heterocycles. The summed E-state index contributed by atoms with van der Waals surface area (Å²) in [4.78, 5) is 26.2. The Morgan fingerprint density at radius 1 is 0.968 bits per heavy atom. The molecule has 0 fully saturated rings. The average molecular weight is 413 g/mol. The lowest BCUT2D eigenvalue weighted by Crippen LogP contribution is -2.34. The van der Waals surface area contributed by atoms with Gasteiger partial charge < -0.3 is 14.5 Å². The van der Waals surface area contributed by atoms with Crippen molar-refractivity contribution in [1.82, 2.24) is 0 Å². The zero-order valence-corrected chi connectivity index (χ0v) is 17.4. The molecule has 5 nitrogen and oxygen atoms in total. The second kappa shape index (κ2) is 8.88. The van der Waals surface area contributed by atoms with Crippen LogP contribution in [-0.4, -0.2) is 12.0 Å². The van der Waals surface area contributed by atoms with Gasteiger partial charge in [-0.15, -0.1) is 0 Å². The van der Waals surface area contributed by atoms with E-state index in [9.17, 15) is 9.59 Å². The maximum absolute atomic E-state index is 13.3. The molecule has 0 saturated carbocycles. The molecule has 1 heterocycles. The number of rotatable bonds is 6. The fourth-order valence-corrected chi connectivity index (χ4v) is 3.34. The average Bonchev–Trinajstić information content (AvgIpc) is 2.79. The van der Waals surface area contributed by atoms with Gasteiger partial charge in [0.2, 0.25) is 11.2 Å². The fourth-order valence-electron chi connectivity index (χ4n) is 3.34. The molecule has 0 bridgehead atoms. The van der Waals surface area contributed by atoms with Crippen molar-refractivity contribution >= 4 is 22.6 Å². The second-order valence-corrected chi connectivity index (χ2v) is 7.32. The number of ether oxygens (including phenoxy) is 1. The van der Waals surface area contributed by atoms with E-state index in [0.717, 1.165) is 5.56 Å². The molecule has 1 unspecified atom stereocenters. The highest BCUT2D eigenvalue weighted by Gasteiger charge is 2.25. The van der Waals surface area contributed by atoms with Gasteiger partial charge in [-0.2, -0.15) is 0 Å². The third-order valence-electron chi connectivity index (χ3n) is 5.03. The SMILES string of the molecule is CCC(Oc1c(-c2ccc(C)cc2)oc2ccccc2c1=O)C(=O)Nc1ccccc1. The van der Waals surface area contributed by atoms with Crippen LogP contribution in [0.3, 0.4) is 0 Å². The molecule has 0 aliphatic heterocycles. The van der Waals surface area contributed by atoms with Crippen LogP contribution in [0.15, 0.2) is 88.1 Å². The highest BCUT2D eigenvalue weighted by molar-refractivity contribution is 5.94. The van der Waals surface area contributed by atoms with Gasteiger partial charge in [-0.25, -0.2) is 0 Å². The van der Waals surface area contributed by atoms with Gasteiger partial charge >= 0.3 is 0 Å². The molecule has 0 aliphatic rings. The minimum Gasteiger partial charge on any atom is -0.473 e. The molecule has 4 aromatic rings. The number of hydrogen-bond acceptors (Lipinski definition) is 4. The molecule has 1 atom stereocenters. The number of benzene rings is 3. The van der Waals surface area contributed by atoms with Crippen LogP contribution < -0.4 is 15.5 Å². The van der Waals surface area contributed by atoms with Crippen molar-refractivity contribution in [3.63, 3.8) is 0 Å². The van der Waals surface area contributed by atoms with Gasteiger partial charge in [0.25, 0.3) is 5.91 Å². The van der Waals surface area contributed by atoms with Crippen molar-refractivity contribution < 1.29 is 13.9 Å². The summed E-state index contributed by atoms with van der Waals surface area (Å²) >= 11 is 0. The number of hydrogen-bond donors (Lipinski definition) is 1. The smallest absolute Gasteiger partial charge is 0.265 e. The predicted molar refractivity (Wildman–Crippen MR) is 122 cm³/mol. The van der Waals surface area contributed by atoms with Crippen LogP contribution >= 0.6 is 0 Å². The van der Waals surface area contributed by atoms with E-state index in [0.29, 0.717) is 34.4 Å². The number of para-hydroxylation sites is 2. The van der Waals surface area contributed by atoms with Crippen molar-refractivity contribution in [2.24, 2.45) is 0 Å². The Morgan fingerprint density at radius 3 is 2.35 bits per heavy atom. The molecule has 31 heavy (non-hydrogen) atoms. The van der Waals surface area contributed by atoms with E-state index in [1.54, 1.807) is 30.3 Å². The van der Waals surface area contributed by atoms with Crippen molar-refractivity contribution in [2.75, 3.05) is 5.32 Å². The van der Waals surface area contributed by atoms with Crippen LogP contribution in [0.4, 0.5) is 5.69 Å². The molecule has 0 radical (unpaired) electrons. The molecule has 0 saturated heterocycles. The summed E-state index contributed by atoms with van der Waals surface area (Å²) < 4.78 is 12.1. The fraction of sp³-hybridized carbons (Fsp3) is 0.154. The maximum Gasteiger partial charge on any atom is 0.265 e. The molecular formula is C26H23NO4. The van der Waals surface area contributed by atoms with Gasteiger partial charge in [0.1, 0.15) is 5.58 Å². The lowest BCUT2D eigenvalue weighted by molar-refractivity contribution is -0.122. The first-order valence-corrected chi connectivity index (χ1v) is 10.2. The first-order valence-electron chi connectivity index (χ1n) is 10.2. The summed E-state index contributed by atoms with van der Waals surface area (Å²) in [5.41, 5.74) is 2.63. The topological polar surface area (TPSA) is 68.5 Å². The molecule has 5 heteroatoms. The van der Waals surface area contributed by atoms with Gasteiger partial charge in [-0.3, -0.25) is 9.59 Å². The lowest BCUT2D eigenvalue weighted by Gasteiger charge is -2.19. The summed E-state index contributed by atoms with van der Waals surface area (Å²) in [6.45, 7) is 3.82. The summed E-state index contributed by atoms with van der Waals surface area (Å²) in [6, 6.07) is 23.8. The number of fused-ring (bicyclic) bond motifs is 1. The maximum atomic E-state index is 13.3. The van der Waals surface area contributed by atoms with E-state index in [1.165, 1.54) is 0 Å². The molecule has 0 spiro atoms. The van der Waals surface area contributed by atoms with Crippen molar-refractivity contribution in [1.29, 1.82) is 0 Å². The highest BCUT2D eigenvalue weighted by atomic mass is 16.5. The molecular weight excluding hydrogens is 390 g/mol. The van der Waals surface area contributed by atoms with Gasteiger partial charge in [0.05, 0.1) is 5.39 Å². The minimum absolute atomic E-state index is 0.0395. The zero-order chi connectivity index (χ0) is 21.8. The Balaban J connectivity index is 1.76. The first kappa shape index (κ1) is 20.4. The summed E-state index contributed by atoms with van der Waals surface area (Å²) in [7, 11) is 0. The highest BCUT2D eigenvalue weighted by Crippen LogP contribution is 2.32. The van der Waals surface area contributed by atoms with Gasteiger partial charge in [-0.1, -0.05) is 67.1 Å². The first-order chi connectivity index (χ1) is 15.1. The molecule has 3 aromatic carbocycles. The number of amides is 1. The summed E-state index contributed by atoms with van der Waals surface area (Å²) in [6.07, 6.45) is -0.466. The Bertz CT molecular complexity index is 1260. The Morgan fingerprint density at radius 2 is 1.65 bits per heavy atom. The molecule has 156 valence electrons. The van der Waals surface area contributed by atoms with Crippen molar-refractivity contribution in [2.45, 2.75) is 26.4 Å². The Labute approximate surface area is 180 Å². The molecule has 1 N–H and O–H groups in total. The Kier molecular flexibility index (Phi) is 5.85. The number of anilines is 1. The summed E-state index contributed by atoms with van der Waals surface area (Å²) in [5.74, 6) is 0.0309. The van der Waals surface area contributed by atoms with Crippen LogP contribution in [-0.2, 0) is 4.79 Å². The Hall–Kier alpha value is -3.86. The van der Waals surface area contributed by atoms with Crippen LogP contribution in [0.5, 0.6) is 5.75 Å². The number of aryl methyl sites for hydroxylation is 1. The van der Waals surface area contributed by atoms with E-state index in [2.05, 4.69) is 5.32 Å². The van der Waals surface area contributed by atoms with E-state index >= 15 is 0 Å². The lowest BCUT2D eigenvalue weighted by atomic mass is 10.1. The second-order valence-electron chi connectivity index (χ2n) is 7.32. The molecule has 1 amide bonds. The van der Waals surface area contributed by atoms with E-state index in [4.69, 9.17) is 9.15 Å². The van der Waals surface area contributed by atoms with Gasteiger partial charge in [0.15, 0.2) is 11.9 Å². The van der Waals surface area contributed by atoms with Gasteiger partial charge in [-0.05, 0) is 37.6 Å². The predicted octanol–water partition coefficient (Wildman–Crippen LogP) is 5.56. The third kappa shape index (κ3) is 4.36. The van der Waals surface area contributed by atoms with Crippen LogP contribution in [0.1, 0.15) is 18.9 Å². The van der Waals surface area contributed by atoms with Crippen LogP contribution in [0.2, 0.25) is 0 Å². The minimum atomic E-state index is -0.853.